The van der Waals surface area contributed by atoms with Gasteiger partial charge in [-0.3, -0.25) is 0 Å². The average Bonchev–Trinajstić information content (AvgIpc) is 2.46. The summed E-state index contributed by atoms with van der Waals surface area (Å²) in [5, 5.41) is 11.9. The molecule has 1 aromatic rings. The summed E-state index contributed by atoms with van der Waals surface area (Å²) in [5.41, 5.74) is 5.92. The fourth-order valence-electron chi connectivity index (χ4n) is 1.49. The van der Waals surface area contributed by atoms with E-state index in [2.05, 4.69) is 19.0 Å². The molecule has 1 unspecified atom stereocenters. The first-order valence-electron chi connectivity index (χ1n) is 6.33. The number of hydrogen-bond donors (Lipinski definition) is 2. The fraction of sp³-hybridized carbons (Fsp3) is 0.462. The van der Waals surface area contributed by atoms with E-state index in [0.29, 0.717) is 16.6 Å². The van der Waals surface area contributed by atoms with Gasteiger partial charge in [-0.2, -0.15) is 11.8 Å². The van der Waals surface area contributed by atoms with Crippen molar-refractivity contribution in [1.29, 1.82) is 0 Å². The van der Waals surface area contributed by atoms with Crippen LogP contribution in [0.2, 0.25) is 0 Å². The first kappa shape index (κ1) is 16.8. The summed E-state index contributed by atoms with van der Waals surface area (Å²) >= 11 is 1.66. The van der Waals surface area contributed by atoms with E-state index in [1.54, 1.807) is 11.8 Å². The van der Waals surface area contributed by atoms with Gasteiger partial charge in [-0.1, -0.05) is 19.0 Å². The van der Waals surface area contributed by atoms with Crippen LogP contribution < -0.4 is 5.73 Å². The molecule has 0 saturated heterocycles. The van der Waals surface area contributed by atoms with Crippen molar-refractivity contribution in [1.82, 2.24) is 0 Å². The van der Waals surface area contributed by atoms with Crippen molar-refractivity contribution >= 4 is 27.4 Å². The average molecular weight is 316 g/mol. The number of oxime groups is 1. The number of hydrogen-bond acceptors (Lipinski definition) is 5. The van der Waals surface area contributed by atoms with Gasteiger partial charge in [-0.05, 0) is 30.7 Å². The van der Waals surface area contributed by atoms with Crippen LogP contribution in [0.1, 0.15) is 25.8 Å². The fourth-order valence-corrected chi connectivity index (χ4v) is 4.17. The van der Waals surface area contributed by atoms with Crippen LogP contribution in [-0.4, -0.2) is 36.2 Å². The second kappa shape index (κ2) is 7.54. The Hall–Kier alpha value is -1.21. The molecule has 0 saturated carbocycles. The molecule has 3 N–H and O–H groups in total. The monoisotopic (exact) mass is 316 g/mol. The van der Waals surface area contributed by atoms with E-state index < -0.39 is 9.84 Å². The number of sulfone groups is 1. The quantitative estimate of drug-likeness (QED) is 0.348. The summed E-state index contributed by atoms with van der Waals surface area (Å²) in [6.07, 6.45) is 1.03. The maximum absolute atomic E-state index is 12.1. The van der Waals surface area contributed by atoms with Crippen LogP contribution >= 0.6 is 11.8 Å². The summed E-state index contributed by atoms with van der Waals surface area (Å²) in [5.74, 6) is 0.658. The van der Waals surface area contributed by atoms with Gasteiger partial charge >= 0.3 is 0 Å². The Morgan fingerprint density at radius 3 is 2.50 bits per heavy atom. The van der Waals surface area contributed by atoms with E-state index in [9.17, 15) is 8.42 Å². The Labute approximate surface area is 124 Å². The van der Waals surface area contributed by atoms with E-state index in [-0.39, 0.29) is 16.5 Å². The molecule has 0 heterocycles. The maximum atomic E-state index is 12.1. The molecule has 0 spiro atoms. The summed E-state index contributed by atoms with van der Waals surface area (Å²) in [4.78, 5) is 0.261. The van der Waals surface area contributed by atoms with Crippen molar-refractivity contribution in [3.05, 3.63) is 29.8 Å². The Kier molecular flexibility index (Phi) is 6.35. The lowest BCUT2D eigenvalue weighted by molar-refractivity contribution is 0.318. The van der Waals surface area contributed by atoms with Crippen LogP contribution in [0.4, 0.5) is 0 Å². The predicted octanol–water partition coefficient (Wildman–Crippen LogP) is 2.09. The third-order valence-electron chi connectivity index (χ3n) is 2.95. The number of amidine groups is 1. The zero-order valence-corrected chi connectivity index (χ0v) is 13.2. The molecule has 0 aliphatic heterocycles. The molecule has 0 radical (unpaired) electrons. The van der Waals surface area contributed by atoms with E-state index in [4.69, 9.17) is 10.9 Å². The normalized spacial score (nSPS) is 14.2. The molecule has 0 fully saturated rings. The van der Waals surface area contributed by atoms with Gasteiger partial charge in [0.1, 0.15) is 0 Å². The smallest absolute Gasteiger partial charge is 0.179 e. The molecule has 20 heavy (non-hydrogen) atoms. The van der Waals surface area contributed by atoms with Gasteiger partial charge in [-0.25, -0.2) is 8.42 Å². The molecule has 7 heteroatoms. The third-order valence-corrected chi connectivity index (χ3v) is 6.28. The number of rotatable bonds is 7. The lowest BCUT2D eigenvalue weighted by Crippen LogP contribution is -2.14. The minimum absolute atomic E-state index is 0.0405. The Balaban J connectivity index is 2.73. The van der Waals surface area contributed by atoms with E-state index >= 15 is 0 Å². The van der Waals surface area contributed by atoms with Gasteiger partial charge in [0, 0.05) is 16.6 Å². The van der Waals surface area contributed by atoms with Crippen LogP contribution in [0.3, 0.4) is 0 Å². The van der Waals surface area contributed by atoms with Gasteiger partial charge < -0.3 is 10.9 Å². The first-order valence-corrected chi connectivity index (χ1v) is 9.03. The highest BCUT2D eigenvalue weighted by Gasteiger charge is 2.15. The third kappa shape index (κ3) is 4.72. The van der Waals surface area contributed by atoms with Crippen molar-refractivity contribution in [2.45, 2.75) is 30.4 Å². The van der Waals surface area contributed by atoms with Gasteiger partial charge in [-0.15, -0.1) is 0 Å². The van der Waals surface area contributed by atoms with Crippen LogP contribution in [-0.2, 0) is 9.84 Å². The van der Waals surface area contributed by atoms with Gasteiger partial charge in [0.15, 0.2) is 15.7 Å². The molecule has 0 aliphatic rings. The van der Waals surface area contributed by atoms with E-state index in [1.807, 2.05) is 0 Å². The standard InChI is InChI=1S/C13H20N2O3S2/c1-3-10(2)19-8-9-20(17,18)12-6-4-11(5-7-12)13(14)15-16/h4-7,10,16H,3,8-9H2,1-2H3,(H2,14,15). The molecule has 1 aromatic carbocycles. The zero-order chi connectivity index (χ0) is 15.2. The highest BCUT2D eigenvalue weighted by Crippen LogP contribution is 2.17. The van der Waals surface area contributed by atoms with Gasteiger partial charge in [0.05, 0.1) is 10.6 Å². The van der Waals surface area contributed by atoms with Crippen molar-refractivity contribution < 1.29 is 13.6 Å². The molecular formula is C13H20N2O3S2. The van der Waals surface area contributed by atoms with Crippen molar-refractivity contribution in [2.24, 2.45) is 10.9 Å². The Morgan fingerprint density at radius 1 is 1.40 bits per heavy atom. The molecule has 1 atom stereocenters. The SMILES string of the molecule is CCC(C)SCCS(=O)(=O)c1ccc(/C(N)=N/O)cc1. The van der Waals surface area contributed by atoms with Crippen LogP contribution in [0.15, 0.2) is 34.3 Å². The van der Waals surface area contributed by atoms with Gasteiger partial charge in [0.2, 0.25) is 0 Å². The lowest BCUT2D eigenvalue weighted by atomic mass is 10.2. The van der Waals surface area contributed by atoms with Crippen molar-refractivity contribution in [3.63, 3.8) is 0 Å². The van der Waals surface area contributed by atoms with E-state index in [1.165, 1.54) is 24.3 Å². The zero-order valence-electron chi connectivity index (χ0n) is 11.6. The predicted molar refractivity (Wildman–Crippen MR) is 83.2 cm³/mol. The first-order chi connectivity index (χ1) is 9.40. The highest BCUT2D eigenvalue weighted by molar-refractivity contribution is 8.01. The summed E-state index contributed by atoms with van der Waals surface area (Å²) in [6.45, 7) is 4.17. The highest BCUT2D eigenvalue weighted by atomic mass is 32.2. The lowest BCUT2D eigenvalue weighted by Gasteiger charge is -2.09. The van der Waals surface area contributed by atoms with Crippen LogP contribution in [0.5, 0.6) is 0 Å². The summed E-state index contributed by atoms with van der Waals surface area (Å²) in [6, 6.07) is 6.03. The molecule has 112 valence electrons. The Morgan fingerprint density at radius 2 is 2.00 bits per heavy atom. The van der Waals surface area contributed by atoms with E-state index in [0.717, 1.165) is 6.42 Å². The minimum atomic E-state index is -3.28. The second-order valence-corrected chi connectivity index (χ2v) is 8.07. The largest absolute Gasteiger partial charge is 0.409 e. The number of thioether (sulfide) groups is 1. The molecule has 1 rings (SSSR count). The topological polar surface area (TPSA) is 92.8 Å². The van der Waals surface area contributed by atoms with Gasteiger partial charge in [0.25, 0.3) is 0 Å². The second-order valence-electron chi connectivity index (χ2n) is 4.42. The number of benzene rings is 1. The molecular weight excluding hydrogens is 296 g/mol. The summed E-state index contributed by atoms with van der Waals surface area (Å²) < 4.78 is 24.3. The van der Waals surface area contributed by atoms with Crippen LogP contribution in [0, 0.1) is 0 Å². The molecule has 0 aromatic heterocycles. The maximum Gasteiger partial charge on any atom is 0.179 e. The summed E-state index contributed by atoms with van der Waals surface area (Å²) in [7, 11) is -3.28. The van der Waals surface area contributed by atoms with Crippen molar-refractivity contribution in [2.75, 3.05) is 11.5 Å². The molecule has 0 bridgehead atoms. The number of nitrogens with two attached hydrogens (primary N) is 1. The molecule has 0 aliphatic carbocycles. The molecule has 5 nitrogen and oxygen atoms in total. The number of nitrogens with zero attached hydrogens (tertiary/aromatic N) is 1. The minimum Gasteiger partial charge on any atom is -0.409 e. The molecule has 0 amide bonds. The van der Waals surface area contributed by atoms with Crippen LogP contribution in [0.25, 0.3) is 0 Å². The Bertz CT molecular complexity index is 553. The van der Waals surface area contributed by atoms with Crippen molar-refractivity contribution in [3.8, 4) is 0 Å².